The van der Waals surface area contributed by atoms with E-state index in [4.69, 9.17) is 11.6 Å². The Labute approximate surface area is 152 Å². The van der Waals surface area contributed by atoms with Gasteiger partial charge in [0.25, 0.3) is 0 Å². The summed E-state index contributed by atoms with van der Waals surface area (Å²) < 4.78 is 40.0. The van der Waals surface area contributed by atoms with Crippen LogP contribution in [0.2, 0.25) is 5.02 Å². The van der Waals surface area contributed by atoms with Crippen LogP contribution in [-0.2, 0) is 10.5 Å². The van der Waals surface area contributed by atoms with Gasteiger partial charge in [0, 0.05) is 17.9 Å². The highest BCUT2D eigenvalue weighted by Gasteiger charge is 2.30. The molecule has 2 aromatic carbocycles. The van der Waals surface area contributed by atoms with Crippen LogP contribution in [0.4, 0.5) is 18.9 Å². The topological polar surface area (TPSA) is 38.3 Å². The van der Waals surface area contributed by atoms with E-state index in [0.29, 0.717) is 28.6 Å². The van der Waals surface area contributed by atoms with Gasteiger partial charge in [0.2, 0.25) is 5.91 Å². The van der Waals surface area contributed by atoms with E-state index >= 15 is 0 Å². The lowest BCUT2D eigenvalue weighted by Crippen LogP contribution is -2.17. The molecule has 0 aromatic heterocycles. The van der Waals surface area contributed by atoms with E-state index < -0.39 is 6.36 Å². The zero-order chi connectivity index (χ0) is 18.3. The average Bonchev–Trinajstić information content (AvgIpc) is 2.54. The van der Waals surface area contributed by atoms with E-state index in [1.165, 1.54) is 23.9 Å². The quantitative estimate of drug-likeness (QED) is 0.635. The Morgan fingerprint density at radius 2 is 1.80 bits per heavy atom. The maximum absolute atomic E-state index is 12.1. The Balaban J connectivity index is 1.70. The minimum atomic E-state index is -4.69. The number of benzene rings is 2. The number of para-hydroxylation sites is 1. The van der Waals surface area contributed by atoms with Crippen molar-refractivity contribution in [2.75, 3.05) is 11.1 Å². The largest absolute Gasteiger partial charge is 0.573 e. The van der Waals surface area contributed by atoms with Crippen molar-refractivity contribution in [3.05, 3.63) is 59.1 Å². The molecule has 0 saturated heterocycles. The minimum Gasteiger partial charge on any atom is -0.406 e. The van der Waals surface area contributed by atoms with Crippen LogP contribution in [0, 0.1) is 0 Å². The summed E-state index contributed by atoms with van der Waals surface area (Å²) in [7, 11) is 0. The third-order valence-corrected chi connectivity index (χ3v) is 4.41. The second-order valence-electron chi connectivity index (χ2n) is 5.02. The summed E-state index contributed by atoms with van der Waals surface area (Å²) in [5.74, 6) is 0.776. The molecule has 0 bridgehead atoms. The van der Waals surface area contributed by atoms with Gasteiger partial charge in [-0.25, -0.2) is 0 Å². The lowest BCUT2D eigenvalue weighted by atomic mass is 10.2. The minimum absolute atomic E-state index is 0.144. The molecule has 8 heteroatoms. The smallest absolute Gasteiger partial charge is 0.406 e. The van der Waals surface area contributed by atoms with E-state index in [-0.39, 0.29) is 11.7 Å². The fourth-order valence-corrected chi connectivity index (χ4v) is 3.00. The van der Waals surface area contributed by atoms with Crippen LogP contribution in [0.1, 0.15) is 12.0 Å². The predicted octanol–water partition coefficient (Wildman–Crippen LogP) is 5.50. The summed E-state index contributed by atoms with van der Waals surface area (Å²) in [4.78, 5) is 11.8. The Hall–Kier alpha value is -1.86. The van der Waals surface area contributed by atoms with Crippen molar-refractivity contribution in [2.45, 2.75) is 18.5 Å². The monoisotopic (exact) mass is 389 g/mol. The number of halogens is 4. The van der Waals surface area contributed by atoms with Crippen molar-refractivity contribution in [1.29, 1.82) is 0 Å². The third-order valence-electron chi connectivity index (χ3n) is 3.05. The Morgan fingerprint density at radius 3 is 2.44 bits per heavy atom. The SMILES string of the molecule is O=C(CCSCc1ccc(OC(F)(F)F)cc1)Nc1ccccc1Cl. The number of carbonyl (C=O) groups is 1. The van der Waals surface area contributed by atoms with Crippen LogP contribution in [0.5, 0.6) is 5.75 Å². The first-order valence-corrected chi connectivity index (χ1v) is 8.83. The molecule has 0 spiro atoms. The molecule has 0 radical (unpaired) electrons. The number of alkyl halides is 3. The highest BCUT2D eigenvalue weighted by atomic mass is 35.5. The van der Waals surface area contributed by atoms with Crippen molar-refractivity contribution >= 4 is 35.0 Å². The van der Waals surface area contributed by atoms with Gasteiger partial charge >= 0.3 is 6.36 Å². The van der Waals surface area contributed by atoms with Gasteiger partial charge in [-0.1, -0.05) is 35.9 Å². The van der Waals surface area contributed by atoms with Gasteiger partial charge in [-0.05, 0) is 29.8 Å². The molecule has 3 nitrogen and oxygen atoms in total. The Kier molecular flexibility index (Phi) is 7.01. The lowest BCUT2D eigenvalue weighted by Gasteiger charge is -2.09. The first-order valence-electron chi connectivity index (χ1n) is 7.30. The molecule has 0 atom stereocenters. The number of thioether (sulfide) groups is 1. The first kappa shape index (κ1) is 19.5. The standard InChI is InChI=1S/C17H15ClF3NO2S/c18-14-3-1-2-4-15(14)22-16(23)9-10-25-11-12-5-7-13(8-6-12)24-17(19,20)21/h1-8H,9-11H2,(H,22,23). The van der Waals surface area contributed by atoms with Gasteiger partial charge < -0.3 is 10.1 Å². The number of carbonyl (C=O) groups excluding carboxylic acids is 1. The Bertz CT molecular complexity index is 708. The van der Waals surface area contributed by atoms with Gasteiger partial charge in [0.1, 0.15) is 5.75 Å². The van der Waals surface area contributed by atoms with E-state index in [9.17, 15) is 18.0 Å². The lowest BCUT2D eigenvalue weighted by molar-refractivity contribution is -0.274. The summed E-state index contributed by atoms with van der Waals surface area (Å²) in [5, 5.41) is 3.21. The van der Waals surface area contributed by atoms with Crippen LogP contribution in [0.15, 0.2) is 48.5 Å². The number of rotatable bonds is 7. The molecule has 25 heavy (non-hydrogen) atoms. The zero-order valence-electron chi connectivity index (χ0n) is 13.0. The molecule has 0 aliphatic heterocycles. The van der Waals surface area contributed by atoms with Crippen molar-refractivity contribution in [3.63, 3.8) is 0 Å². The molecule has 2 rings (SSSR count). The van der Waals surface area contributed by atoms with Crippen LogP contribution in [-0.4, -0.2) is 18.0 Å². The molecule has 1 N–H and O–H groups in total. The van der Waals surface area contributed by atoms with Crippen molar-refractivity contribution < 1.29 is 22.7 Å². The predicted molar refractivity (Wildman–Crippen MR) is 94.0 cm³/mol. The number of hydrogen-bond donors (Lipinski definition) is 1. The van der Waals surface area contributed by atoms with Crippen molar-refractivity contribution in [3.8, 4) is 5.75 Å². The number of ether oxygens (including phenoxy) is 1. The molecular formula is C17H15ClF3NO2S. The van der Waals surface area contributed by atoms with Gasteiger partial charge in [-0.15, -0.1) is 13.2 Å². The molecule has 0 saturated carbocycles. The summed E-state index contributed by atoms with van der Waals surface area (Å²) in [6, 6.07) is 12.6. The summed E-state index contributed by atoms with van der Waals surface area (Å²) in [5.41, 5.74) is 1.42. The molecule has 0 unspecified atom stereocenters. The normalized spacial score (nSPS) is 11.2. The fraction of sp³-hybridized carbons (Fsp3) is 0.235. The molecule has 0 heterocycles. The molecular weight excluding hydrogens is 375 g/mol. The van der Waals surface area contributed by atoms with Crippen LogP contribution in [0.3, 0.4) is 0 Å². The molecule has 0 aliphatic carbocycles. The second-order valence-corrected chi connectivity index (χ2v) is 6.53. The van der Waals surface area contributed by atoms with Gasteiger partial charge in [-0.2, -0.15) is 11.8 Å². The number of anilines is 1. The van der Waals surface area contributed by atoms with Crippen LogP contribution < -0.4 is 10.1 Å². The summed E-state index contributed by atoms with van der Waals surface area (Å²) in [6.45, 7) is 0. The van der Waals surface area contributed by atoms with Crippen molar-refractivity contribution in [2.24, 2.45) is 0 Å². The fourth-order valence-electron chi connectivity index (χ4n) is 1.92. The summed E-state index contributed by atoms with van der Waals surface area (Å²) >= 11 is 7.47. The maximum atomic E-state index is 12.1. The molecule has 1 amide bonds. The highest BCUT2D eigenvalue weighted by Crippen LogP contribution is 2.24. The zero-order valence-corrected chi connectivity index (χ0v) is 14.5. The van der Waals surface area contributed by atoms with E-state index in [1.807, 2.05) is 0 Å². The maximum Gasteiger partial charge on any atom is 0.573 e. The number of amides is 1. The highest BCUT2D eigenvalue weighted by molar-refractivity contribution is 7.98. The number of hydrogen-bond acceptors (Lipinski definition) is 3. The molecule has 134 valence electrons. The molecule has 0 fully saturated rings. The molecule has 2 aromatic rings. The third kappa shape index (κ3) is 7.27. The number of nitrogens with one attached hydrogen (secondary N) is 1. The second kappa shape index (κ2) is 9.01. The van der Waals surface area contributed by atoms with Gasteiger partial charge in [0.15, 0.2) is 0 Å². The average molecular weight is 390 g/mol. The van der Waals surface area contributed by atoms with Crippen LogP contribution >= 0.6 is 23.4 Å². The van der Waals surface area contributed by atoms with Crippen LogP contribution in [0.25, 0.3) is 0 Å². The van der Waals surface area contributed by atoms with E-state index in [1.54, 1.807) is 36.4 Å². The Morgan fingerprint density at radius 1 is 1.12 bits per heavy atom. The summed E-state index contributed by atoms with van der Waals surface area (Å²) in [6.07, 6.45) is -4.38. The van der Waals surface area contributed by atoms with Gasteiger partial charge in [0.05, 0.1) is 10.7 Å². The van der Waals surface area contributed by atoms with Crippen molar-refractivity contribution in [1.82, 2.24) is 0 Å². The molecule has 0 aliphatic rings. The van der Waals surface area contributed by atoms with E-state index in [2.05, 4.69) is 10.1 Å². The van der Waals surface area contributed by atoms with E-state index in [0.717, 1.165) is 5.56 Å². The van der Waals surface area contributed by atoms with Gasteiger partial charge in [-0.3, -0.25) is 4.79 Å². The first-order chi connectivity index (χ1) is 11.8.